The minimum atomic E-state index is 0.164. The van der Waals surface area contributed by atoms with Gasteiger partial charge in [-0.2, -0.15) is 5.26 Å². The van der Waals surface area contributed by atoms with E-state index in [1.165, 1.54) is 12.8 Å². The fourth-order valence-electron chi connectivity index (χ4n) is 2.00. The van der Waals surface area contributed by atoms with Gasteiger partial charge in [-0.1, -0.05) is 12.8 Å². The van der Waals surface area contributed by atoms with Gasteiger partial charge in [-0.05, 0) is 28.8 Å². The number of nitrogens with zero attached hydrogens (tertiary/aromatic N) is 3. The third kappa shape index (κ3) is 1.95. The second-order valence-electron chi connectivity index (χ2n) is 3.72. The van der Waals surface area contributed by atoms with Crippen molar-refractivity contribution in [1.82, 2.24) is 9.97 Å². The van der Waals surface area contributed by atoms with Gasteiger partial charge in [-0.25, -0.2) is 9.97 Å². The Morgan fingerprint density at radius 1 is 1.33 bits per heavy atom. The number of nitrogens with two attached hydrogens (primary N) is 1. The quantitative estimate of drug-likeness (QED) is 0.847. The molecule has 0 bridgehead atoms. The molecular weight excluding hydrogens is 256 g/mol. The molecule has 1 aliphatic carbocycles. The van der Waals surface area contributed by atoms with Gasteiger partial charge in [0.05, 0.1) is 10.2 Å². The molecule has 78 valence electrons. The van der Waals surface area contributed by atoms with Crippen molar-refractivity contribution in [2.45, 2.75) is 31.6 Å². The molecule has 1 fully saturated rings. The Hall–Kier alpha value is -1.15. The second-order valence-corrected chi connectivity index (χ2v) is 4.52. The van der Waals surface area contributed by atoms with Gasteiger partial charge in [0.2, 0.25) is 5.82 Å². The monoisotopic (exact) mass is 266 g/mol. The average Bonchev–Trinajstić information content (AvgIpc) is 2.75. The summed E-state index contributed by atoms with van der Waals surface area (Å²) in [4.78, 5) is 8.12. The first-order valence-electron chi connectivity index (χ1n) is 4.95. The lowest BCUT2D eigenvalue weighted by atomic mass is 10.0. The average molecular weight is 267 g/mol. The summed E-state index contributed by atoms with van der Waals surface area (Å²) in [6, 6.07) is 1.94. The lowest BCUT2D eigenvalue weighted by Gasteiger charge is -2.11. The summed E-state index contributed by atoms with van der Waals surface area (Å²) in [6.07, 6.45) is 4.70. The highest BCUT2D eigenvalue weighted by Crippen LogP contribution is 2.37. The van der Waals surface area contributed by atoms with Gasteiger partial charge < -0.3 is 5.73 Å². The van der Waals surface area contributed by atoms with E-state index in [1.807, 2.05) is 6.07 Å². The SMILES string of the molecule is N#Cc1nc(N)c(Br)c(C2CCCC2)n1. The van der Waals surface area contributed by atoms with Crippen molar-refractivity contribution in [2.24, 2.45) is 0 Å². The van der Waals surface area contributed by atoms with Crippen molar-refractivity contribution in [3.8, 4) is 6.07 Å². The zero-order chi connectivity index (χ0) is 10.8. The number of hydrogen-bond donors (Lipinski definition) is 1. The van der Waals surface area contributed by atoms with Crippen LogP contribution in [0.4, 0.5) is 5.82 Å². The molecule has 2 N–H and O–H groups in total. The molecule has 4 nitrogen and oxygen atoms in total. The molecule has 1 aromatic rings. The van der Waals surface area contributed by atoms with E-state index in [4.69, 9.17) is 11.0 Å². The Balaban J connectivity index is 2.45. The summed E-state index contributed by atoms with van der Waals surface area (Å²) in [7, 11) is 0. The lowest BCUT2D eigenvalue weighted by Crippen LogP contribution is -2.06. The smallest absolute Gasteiger partial charge is 0.234 e. The topological polar surface area (TPSA) is 75.6 Å². The fraction of sp³-hybridized carbons (Fsp3) is 0.500. The van der Waals surface area contributed by atoms with E-state index >= 15 is 0 Å². The lowest BCUT2D eigenvalue weighted by molar-refractivity contribution is 0.688. The maximum absolute atomic E-state index is 8.77. The van der Waals surface area contributed by atoms with Crippen LogP contribution in [-0.4, -0.2) is 9.97 Å². The van der Waals surface area contributed by atoms with Gasteiger partial charge in [-0.3, -0.25) is 0 Å². The number of anilines is 1. The summed E-state index contributed by atoms with van der Waals surface area (Å²) >= 11 is 3.39. The Morgan fingerprint density at radius 2 is 2.00 bits per heavy atom. The normalized spacial score (nSPS) is 16.5. The molecule has 0 amide bonds. The highest BCUT2D eigenvalue weighted by molar-refractivity contribution is 9.10. The van der Waals surface area contributed by atoms with Crippen LogP contribution in [-0.2, 0) is 0 Å². The van der Waals surface area contributed by atoms with Gasteiger partial charge >= 0.3 is 0 Å². The Bertz CT molecular complexity index is 418. The molecule has 0 unspecified atom stereocenters. The third-order valence-electron chi connectivity index (χ3n) is 2.74. The van der Waals surface area contributed by atoms with E-state index in [0.717, 1.165) is 23.0 Å². The summed E-state index contributed by atoms with van der Waals surface area (Å²) in [6.45, 7) is 0. The van der Waals surface area contributed by atoms with E-state index < -0.39 is 0 Å². The predicted octanol–water partition coefficient (Wildman–Crippen LogP) is 2.35. The molecule has 0 atom stereocenters. The van der Waals surface area contributed by atoms with Gasteiger partial charge in [0.25, 0.3) is 0 Å². The largest absolute Gasteiger partial charge is 0.383 e. The van der Waals surface area contributed by atoms with Crippen molar-refractivity contribution in [3.05, 3.63) is 16.0 Å². The molecule has 0 saturated heterocycles. The first-order valence-corrected chi connectivity index (χ1v) is 5.74. The first-order chi connectivity index (χ1) is 7.22. The Kier molecular flexibility index (Phi) is 2.87. The van der Waals surface area contributed by atoms with Crippen molar-refractivity contribution in [1.29, 1.82) is 5.26 Å². The highest BCUT2D eigenvalue weighted by atomic mass is 79.9. The Morgan fingerprint density at radius 3 is 2.60 bits per heavy atom. The van der Waals surface area contributed by atoms with E-state index in [1.54, 1.807) is 0 Å². The summed E-state index contributed by atoms with van der Waals surface area (Å²) in [5.41, 5.74) is 6.62. The zero-order valence-electron chi connectivity index (χ0n) is 8.20. The van der Waals surface area contributed by atoms with E-state index in [2.05, 4.69) is 25.9 Å². The molecule has 1 aromatic heterocycles. The van der Waals surface area contributed by atoms with Crippen LogP contribution in [0.15, 0.2) is 4.47 Å². The van der Waals surface area contributed by atoms with Crippen LogP contribution in [0.2, 0.25) is 0 Å². The summed E-state index contributed by atoms with van der Waals surface area (Å²) < 4.78 is 0.758. The number of nitriles is 1. The van der Waals surface area contributed by atoms with Crippen molar-refractivity contribution < 1.29 is 0 Å². The summed E-state index contributed by atoms with van der Waals surface area (Å²) in [5, 5.41) is 8.77. The van der Waals surface area contributed by atoms with E-state index in [9.17, 15) is 0 Å². The molecule has 0 spiro atoms. The van der Waals surface area contributed by atoms with Crippen LogP contribution < -0.4 is 5.73 Å². The van der Waals surface area contributed by atoms with Gasteiger partial charge in [0, 0.05) is 5.92 Å². The maximum Gasteiger partial charge on any atom is 0.234 e. The van der Waals surface area contributed by atoms with Crippen LogP contribution in [0.25, 0.3) is 0 Å². The van der Waals surface area contributed by atoms with Crippen LogP contribution in [0.5, 0.6) is 0 Å². The number of halogens is 1. The van der Waals surface area contributed by atoms with Crippen LogP contribution in [0, 0.1) is 11.3 Å². The van der Waals surface area contributed by atoms with Crippen molar-refractivity contribution >= 4 is 21.7 Å². The van der Waals surface area contributed by atoms with Crippen LogP contribution in [0.3, 0.4) is 0 Å². The van der Waals surface area contributed by atoms with E-state index in [-0.39, 0.29) is 5.82 Å². The molecule has 15 heavy (non-hydrogen) atoms. The first kappa shape index (κ1) is 10.4. The minimum Gasteiger partial charge on any atom is -0.383 e. The maximum atomic E-state index is 8.77. The Labute approximate surface area is 96.7 Å². The summed E-state index contributed by atoms with van der Waals surface area (Å²) in [5.74, 6) is 0.956. The van der Waals surface area contributed by atoms with E-state index in [0.29, 0.717) is 11.7 Å². The molecule has 0 aromatic carbocycles. The number of rotatable bonds is 1. The predicted molar refractivity (Wildman–Crippen MR) is 60.1 cm³/mol. The standard InChI is InChI=1S/C10H11BrN4/c11-8-9(6-3-1-2-4-6)14-7(5-12)15-10(8)13/h6H,1-4H2,(H2,13,14,15). The minimum absolute atomic E-state index is 0.164. The second kappa shape index (κ2) is 4.15. The van der Waals surface area contributed by atoms with Crippen LogP contribution in [0.1, 0.15) is 43.1 Å². The number of aromatic nitrogens is 2. The molecular formula is C10H11BrN4. The third-order valence-corrected chi connectivity index (χ3v) is 3.56. The van der Waals surface area contributed by atoms with Gasteiger partial charge in [0.15, 0.2) is 0 Å². The highest BCUT2D eigenvalue weighted by Gasteiger charge is 2.23. The molecule has 2 rings (SSSR count). The molecule has 1 heterocycles. The molecule has 0 aliphatic heterocycles. The molecule has 1 saturated carbocycles. The number of hydrogen-bond acceptors (Lipinski definition) is 4. The zero-order valence-corrected chi connectivity index (χ0v) is 9.79. The van der Waals surface area contributed by atoms with Crippen molar-refractivity contribution in [2.75, 3.05) is 5.73 Å². The van der Waals surface area contributed by atoms with Crippen LogP contribution >= 0.6 is 15.9 Å². The molecule has 5 heteroatoms. The molecule has 1 aliphatic rings. The number of nitrogen functional groups attached to an aromatic ring is 1. The fourth-order valence-corrected chi connectivity index (χ4v) is 2.50. The molecule has 0 radical (unpaired) electrons. The van der Waals surface area contributed by atoms with Crippen molar-refractivity contribution in [3.63, 3.8) is 0 Å². The van der Waals surface area contributed by atoms with Gasteiger partial charge in [-0.15, -0.1) is 0 Å². The van der Waals surface area contributed by atoms with Gasteiger partial charge in [0.1, 0.15) is 11.9 Å².